The van der Waals surface area contributed by atoms with Crippen LogP contribution in [0, 0.1) is 0 Å². The summed E-state index contributed by atoms with van der Waals surface area (Å²) in [6.45, 7) is 2.96. The van der Waals surface area contributed by atoms with Gasteiger partial charge in [-0.2, -0.15) is 0 Å². The number of halogens is 1. The van der Waals surface area contributed by atoms with Gasteiger partial charge in [0.1, 0.15) is 0 Å². The zero-order valence-electron chi connectivity index (χ0n) is 15.4. The molecule has 1 saturated heterocycles. The average Bonchev–Trinajstić information content (AvgIpc) is 3.37. The van der Waals surface area contributed by atoms with E-state index in [0.717, 1.165) is 36.3 Å². The Labute approximate surface area is 173 Å². The standard InChI is InChI=1S/C21H21ClN4OS/c22-17-10-8-16(9-11-17)19(27)15-28-21-24-23-20(14-25-12-4-5-13-25)26(21)18-6-2-1-3-7-18/h1-3,6-11H,4-5,12-15H2. The zero-order chi connectivity index (χ0) is 19.3. The maximum absolute atomic E-state index is 12.5. The van der Waals surface area contributed by atoms with Gasteiger partial charge in [-0.15, -0.1) is 10.2 Å². The van der Waals surface area contributed by atoms with Crippen molar-refractivity contribution in [1.82, 2.24) is 19.7 Å². The molecular weight excluding hydrogens is 392 g/mol. The summed E-state index contributed by atoms with van der Waals surface area (Å²) >= 11 is 7.32. The lowest BCUT2D eigenvalue weighted by Gasteiger charge is -2.15. The third kappa shape index (κ3) is 4.46. The molecule has 0 aliphatic carbocycles. The van der Waals surface area contributed by atoms with Crippen LogP contribution in [-0.4, -0.2) is 44.3 Å². The van der Waals surface area contributed by atoms with Crippen LogP contribution in [0.1, 0.15) is 29.0 Å². The van der Waals surface area contributed by atoms with Crippen LogP contribution in [-0.2, 0) is 6.54 Å². The highest BCUT2D eigenvalue weighted by Crippen LogP contribution is 2.24. The summed E-state index contributed by atoms with van der Waals surface area (Å²) < 4.78 is 2.07. The summed E-state index contributed by atoms with van der Waals surface area (Å²) in [6.07, 6.45) is 2.47. The van der Waals surface area contributed by atoms with Crippen molar-refractivity contribution in [1.29, 1.82) is 0 Å². The number of hydrogen-bond acceptors (Lipinski definition) is 5. The zero-order valence-corrected chi connectivity index (χ0v) is 17.0. The predicted octanol–water partition coefficient (Wildman–Crippen LogP) is 4.49. The molecule has 0 atom stereocenters. The Bertz CT molecular complexity index is 937. The average molecular weight is 413 g/mol. The van der Waals surface area contributed by atoms with E-state index in [4.69, 9.17) is 11.6 Å². The first-order chi connectivity index (χ1) is 13.7. The van der Waals surface area contributed by atoms with Gasteiger partial charge in [-0.25, -0.2) is 0 Å². The van der Waals surface area contributed by atoms with E-state index in [9.17, 15) is 4.79 Å². The Kier molecular flexibility index (Phi) is 6.10. The van der Waals surface area contributed by atoms with Crippen LogP contribution in [0.2, 0.25) is 5.02 Å². The van der Waals surface area contributed by atoms with Gasteiger partial charge < -0.3 is 0 Å². The van der Waals surface area contributed by atoms with Crippen LogP contribution in [0.15, 0.2) is 59.8 Å². The van der Waals surface area contributed by atoms with Crippen molar-refractivity contribution in [3.8, 4) is 5.69 Å². The molecule has 4 rings (SSSR count). The highest BCUT2D eigenvalue weighted by molar-refractivity contribution is 7.99. The van der Waals surface area contributed by atoms with Gasteiger partial charge in [-0.1, -0.05) is 41.6 Å². The number of nitrogens with zero attached hydrogens (tertiary/aromatic N) is 4. The van der Waals surface area contributed by atoms with Crippen LogP contribution in [0.25, 0.3) is 5.69 Å². The lowest BCUT2D eigenvalue weighted by Crippen LogP contribution is -2.21. The minimum absolute atomic E-state index is 0.0466. The molecule has 0 radical (unpaired) electrons. The number of thioether (sulfide) groups is 1. The molecule has 2 aromatic carbocycles. The number of aromatic nitrogens is 3. The van der Waals surface area contributed by atoms with Gasteiger partial charge in [0, 0.05) is 16.3 Å². The predicted molar refractivity (Wildman–Crippen MR) is 112 cm³/mol. The normalized spacial score (nSPS) is 14.5. The highest BCUT2D eigenvalue weighted by atomic mass is 35.5. The van der Waals surface area contributed by atoms with Gasteiger partial charge in [-0.3, -0.25) is 14.3 Å². The summed E-state index contributed by atoms with van der Waals surface area (Å²) in [4.78, 5) is 14.9. The molecule has 1 fully saturated rings. The van der Waals surface area contributed by atoms with Crippen molar-refractivity contribution in [2.75, 3.05) is 18.8 Å². The third-order valence-corrected chi connectivity index (χ3v) is 5.96. The molecule has 0 unspecified atom stereocenters. The maximum Gasteiger partial charge on any atom is 0.196 e. The Morgan fingerprint density at radius 1 is 1.00 bits per heavy atom. The molecular formula is C21H21ClN4OS. The Morgan fingerprint density at radius 2 is 1.71 bits per heavy atom. The number of ketones is 1. The van der Waals surface area contributed by atoms with E-state index in [1.807, 2.05) is 30.3 Å². The minimum atomic E-state index is 0.0466. The first-order valence-corrected chi connectivity index (χ1v) is 10.7. The number of carbonyl (C=O) groups is 1. The fourth-order valence-electron chi connectivity index (χ4n) is 3.32. The number of hydrogen-bond donors (Lipinski definition) is 0. The monoisotopic (exact) mass is 412 g/mol. The number of rotatable bonds is 7. The smallest absolute Gasteiger partial charge is 0.196 e. The Balaban J connectivity index is 1.55. The Morgan fingerprint density at radius 3 is 2.43 bits per heavy atom. The van der Waals surface area contributed by atoms with Crippen molar-refractivity contribution in [2.45, 2.75) is 24.5 Å². The summed E-state index contributed by atoms with van der Waals surface area (Å²) in [5.74, 6) is 1.26. The fraction of sp³-hybridized carbons (Fsp3) is 0.286. The maximum atomic E-state index is 12.5. The number of likely N-dealkylation sites (tertiary alicyclic amines) is 1. The lowest BCUT2D eigenvalue weighted by molar-refractivity contribution is 0.102. The summed E-state index contributed by atoms with van der Waals surface area (Å²) in [5, 5.41) is 10.2. The van der Waals surface area contributed by atoms with E-state index in [2.05, 4.69) is 19.7 Å². The van der Waals surface area contributed by atoms with Crippen molar-refractivity contribution in [2.24, 2.45) is 0 Å². The van der Waals surface area contributed by atoms with E-state index in [0.29, 0.717) is 16.3 Å². The van der Waals surface area contributed by atoms with E-state index in [1.54, 1.807) is 24.3 Å². The molecule has 0 spiro atoms. The molecule has 7 heteroatoms. The van der Waals surface area contributed by atoms with E-state index >= 15 is 0 Å². The quantitative estimate of drug-likeness (QED) is 0.422. The number of benzene rings is 2. The topological polar surface area (TPSA) is 51.0 Å². The molecule has 28 heavy (non-hydrogen) atoms. The number of Topliss-reactive ketones (excluding diaryl/α,β-unsaturated/α-hetero) is 1. The van der Waals surface area contributed by atoms with Crippen molar-refractivity contribution in [3.63, 3.8) is 0 Å². The molecule has 144 valence electrons. The lowest BCUT2D eigenvalue weighted by atomic mass is 10.1. The van der Waals surface area contributed by atoms with Gasteiger partial charge in [0.15, 0.2) is 16.8 Å². The van der Waals surface area contributed by atoms with Crippen LogP contribution >= 0.6 is 23.4 Å². The summed E-state index contributed by atoms with van der Waals surface area (Å²) in [5.41, 5.74) is 1.67. The molecule has 0 saturated carbocycles. The largest absolute Gasteiger partial charge is 0.296 e. The third-order valence-electron chi connectivity index (χ3n) is 4.78. The molecule has 5 nitrogen and oxygen atoms in total. The van der Waals surface area contributed by atoms with Crippen molar-refractivity contribution < 1.29 is 4.79 Å². The molecule has 0 N–H and O–H groups in total. The van der Waals surface area contributed by atoms with Gasteiger partial charge >= 0.3 is 0 Å². The first kappa shape index (κ1) is 19.2. The molecule has 1 aliphatic rings. The van der Waals surface area contributed by atoms with Gasteiger partial charge in [0.2, 0.25) is 0 Å². The Hall–Kier alpha value is -2.15. The van der Waals surface area contributed by atoms with Gasteiger partial charge in [0.25, 0.3) is 0 Å². The summed E-state index contributed by atoms with van der Waals surface area (Å²) in [7, 11) is 0. The molecule has 0 amide bonds. The molecule has 2 heterocycles. The molecule has 1 aromatic heterocycles. The molecule has 3 aromatic rings. The van der Waals surface area contributed by atoms with E-state index in [-0.39, 0.29) is 5.78 Å². The van der Waals surface area contributed by atoms with E-state index in [1.165, 1.54) is 24.6 Å². The number of carbonyl (C=O) groups excluding carboxylic acids is 1. The fourth-order valence-corrected chi connectivity index (χ4v) is 4.31. The van der Waals surface area contributed by atoms with E-state index < -0.39 is 0 Å². The second kappa shape index (κ2) is 8.90. The molecule has 0 bridgehead atoms. The first-order valence-electron chi connectivity index (χ1n) is 9.34. The molecule has 1 aliphatic heterocycles. The van der Waals surface area contributed by atoms with Crippen LogP contribution in [0.4, 0.5) is 0 Å². The van der Waals surface area contributed by atoms with Crippen LogP contribution in [0.3, 0.4) is 0 Å². The minimum Gasteiger partial charge on any atom is -0.296 e. The second-order valence-electron chi connectivity index (χ2n) is 6.77. The highest BCUT2D eigenvalue weighted by Gasteiger charge is 2.20. The summed E-state index contributed by atoms with van der Waals surface area (Å²) in [6, 6.07) is 17.1. The SMILES string of the molecule is O=C(CSc1nnc(CN2CCCC2)n1-c1ccccc1)c1ccc(Cl)cc1. The van der Waals surface area contributed by atoms with Crippen molar-refractivity contribution in [3.05, 3.63) is 71.0 Å². The van der Waals surface area contributed by atoms with Gasteiger partial charge in [0.05, 0.1) is 12.3 Å². The number of para-hydroxylation sites is 1. The van der Waals surface area contributed by atoms with Crippen LogP contribution < -0.4 is 0 Å². The van der Waals surface area contributed by atoms with Crippen LogP contribution in [0.5, 0.6) is 0 Å². The second-order valence-corrected chi connectivity index (χ2v) is 8.15. The van der Waals surface area contributed by atoms with Crippen molar-refractivity contribution >= 4 is 29.1 Å². The van der Waals surface area contributed by atoms with Gasteiger partial charge in [-0.05, 0) is 62.3 Å².